The summed E-state index contributed by atoms with van der Waals surface area (Å²) < 4.78 is 13.9. The van der Waals surface area contributed by atoms with Gasteiger partial charge in [-0.15, -0.1) is 10.2 Å². The second-order valence-corrected chi connectivity index (χ2v) is 9.07. The maximum atomic E-state index is 13.3. The highest BCUT2D eigenvalue weighted by Crippen LogP contribution is 2.31. The second-order valence-electron chi connectivity index (χ2n) is 6.50. The van der Waals surface area contributed by atoms with Crippen molar-refractivity contribution < 1.29 is 9.18 Å². The lowest BCUT2D eigenvalue weighted by Crippen LogP contribution is -2.23. The van der Waals surface area contributed by atoms with Crippen LogP contribution in [0.25, 0.3) is 0 Å². The third kappa shape index (κ3) is 5.30. The van der Waals surface area contributed by atoms with Gasteiger partial charge in [0.15, 0.2) is 4.34 Å². The summed E-state index contributed by atoms with van der Waals surface area (Å²) in [4.78, 5) is 12.6. The van der Waals surface area contributed by atoms with Crippen LogP contribution in [0.1, 0.15) is 32.3 Å². The average molecular weight is 417 g/mol. The molecule has 5 nitrogen and oxygen atoms in total. The molecule has 0 radical (unpaired) electrons. The van der Waals surface area contributed by atoms with Crippen LogP contribution in [0.4, 0.5) is 20.9 Å². The first-order chi connectivity index (χ1) is 13.4. The minimum Gasteiger partial charge on any atom is -0.330 e. The van der Waals surface area contributed by atoms with Crippen molar-refractivity contribution in [2.45, 2.75) is 36.3 Å². The Kier molecular flexibility index (Phi) is 6.64. The predicted molar refractivity (Wildman–Crippen MR) is 114 cm³/mol. The number of para-hydroxylation sites is 1. The molecule has 146 valence electrons. The van der Waals surface area contributed by atoms with Crippen LogP contribution in [0, 0.1) is 5.82 Å². The van der Waals surface area contributed by atoms with Gasteiger partial charge in [0.05, 0.1) is 5.25 Å². The quantitative estimate of drug-likeness (QED) is 0.486. The molecule has 0 spiro atoms. The first kappa shape index (κ1) is 20.3. The fraction of sp³-hybridized carbons (Fsp3) is 0.250. The van der Waals surface area contributed by atoms with Crippen LogP contribution in [0.2, 0.25) is 0 Å². The highest BCUT2D eigenvalue weighted by Gasteiger charge is 2.19. The first-order valence-corrected chi connectivity index (χ1v) is 10.5. The van der Waals surface area contributed by atoms with E-state index in [9.17, 15) is 9.18 Å². The molecule has 1 heterocycles. The van der Waals surface area contributed by atoms with Crippen molar-refractivity contribution >= 4 is 45.5 Å². The lowest BCUT2D eigenvalue weighted by Gasteiger charge is -2.15. The molecule has 0 saturated carbocycles. The summed E-state index contributed by atoms with van der Waals surface area (Å²) in [5.74, 6) is -0.0943. The molecule has 3 rings (SSSR count). The SMILES string of the molecule is CC(C)c1ccccc1NC(=O)[C@@H](C)Sc1nnc(Nc2cccc(F)c2)s1. The van der Waals surface area contributed by atoms with Gasteiger partial charge in [0.25, 0.3) is 0 Å². The molecule has 2 N–H and O–H groups in total. The number of thioether (sulfide) groups is 1. The lowest BCUT2D eigenvalue weighted by molar-refractivity contribution is -0.115. The summed E-state index contributed by atoms with van der Waals surface area (Å²) in [6.45, 7) is 6.02. The Balaban J connectivity index is 1.61. The Morgan fingerprint density at radius 1 is 1.11 bits per heavy atom. The number of anilines is 3. The van der Waals surface area contributed by atoms with Crippen LogP contribution in [-0.2, 0) is 4.79 Å². The number of nitrogens with zero attached hydrogens (tertiary/aromatic N) is 2. The molecule has 0 aliphatic carbocycles. The molecule has 0 bridgehead atoms. The van der Waals surface area contributed by atoms with E-state index in [-0.39, 0.29) is 17.0 Å². The molecule has 3 aromatic rings. The molecule has 1 atom stereocenters. The molecular formula is C20H21FN4OS2. The topological polar surface area (TPSA) is 66.9 Å². The molecule has 0 unspecified atom stereocenters. The number of amides is 1. The average Bonchev–Trinajstić information content (AvgIpc) is 3.08. The molecule has 0 fully saturated rings. The molecular weight excluding hydrogens is 395 g/mol. The number of hydrogen-bond acceptors (Lipinski definition) is 6. The molecule has 0 aliphatic rings. The number of carbonyl (C=O) groups excluding carboxylic acids is 1. The number of rotatable bonds is 7. The van der Waals surface area contributed by atoms with E-state index in [4.69, 9.17) is 0 Å². The van der Waals surface area contributed by atoms with Crippen LogP contribution < -0.4 is 10.6 Å². The highest BCUT2D eigenvalue weighted by molar-refractivity contribution is 8.02. The smallest absolute Gasteiger partial charge is 0.237 e. The van der Waals surface area contributed by atoms with Gasteiger partial charge in [-0.1, -0.05) is 61.2 Å². The summed E-state index contributed by atoms with van der Waals surface area (Å²) in [7, 11) is 0. The summed E-state index contributed by atoms with van der Waals surface area (Å²) in [6, 6.07) is 14.0. The van der Waals surface area contributed by atoms with E-state index < -0.39 is 0 Å². The van der Waals surface area contributed by atoms with E-state index in [0.717, 1.165) is 11.3 Å². The number of halogens is 1. The summed E-state index contributed by atoms with van der Waals surface area (Å²) in [5, 5.41) is 14.4. The molecule has 1 aromatic heterocycles. The zero-order chi connectivity index (χ0) is 20.1. The summed E-state index contributed by atoms with van der Waals surface area (Å²) in [5.41, 5.74) is 2.54. The van der Waals surface area contributed by atoms with Crippen LogP contribution in [0.15, 0.2) is 52.9 Å². The monoisotopic (exact) mass is 416 g/mol. The van der Waals surface area contributed by atoms with Crippen molar-refractivity contribution in [2.24, 2.45) is 0 Å². The van der Waals surface area contributed by atoms with Crippen molar-refractivity contribution in [3.63, 3.8) is 0 Å². The number of carbonyl (C=O) groups is 1. The van der Waals surface area contributed by atoms with Gasteiger partial charge in [0.2, 0.25) is 11.0 Å². The number of nitrogens with one attached hydrogen (secondary N) is 2. The highest BCUT2D eigenvalue weighted by atomic mass is 32.2. The molecule has 1 amide bonds. The van der Waals surface area contributed by atoms with Gasteiger partial charge in [-0.2, -0.15) is 0 Å². The van der Waals surface area contributed by atoms with Crippen LogP contribution >= 0.6 is 23.1 Å². The third-order valence-corrected chi connectivity index (χ3v) is 5.99. The maximum Gasteiger partial charge on any atom is 0.237 e. The van der Waals surface area contributed by atoms with Gasteiger partial charge in [-0.25, -0.2) is 4.39 Å². The van der Waals surface area contributed by atoms with Crippen molar-refractivity contribution in [1.29, 1.82) is 0 Å². The molecule has 0 aliphatic heterocycles. The number of aromatic nitrogens is 2. The van der Waals surface area contributed by atoms with Crippen molar-refractivity contribution in [2.75, 3.05) is 10.6 Å². The second kappa shape index (κ2) is 9.16. The molecule has 0 saturated heterocycles. The molecule has 8 heteroatoms. The number of hydrogen-bond donors (Lipinski definition) is 2. The summed E-state index contributed by atoms with van der Waals surface area (Å²) >= 11 is 2.66. The minimum atomic E-state index is -0.338. The van der Waals surface area contributed by atoms with E-state index in [0.29, 0.717) is 21.1 Å². The van der Waals surface area contributed by atoms with E-state index in [2.05, 4.69) is 34.7 Å². The van der Waals surface area contributed by atoms with Crippen molar-refractivity contribution in [1.82, 2.24) is 10.2 Å². The molecule has 28 heavy (non-hydrogen) atoms. The van der Waals surface area contributed by atoms with E-state index in [1.165, 1.54) is 35.2 Å². The van der Waals surface area contributed by atoms with Gasteiger partial charge in [0.1, 0.15) is 5.82 Å². The van der Waals surface area contributed by atoms with E-state index >= 15 is 0 Å². The maximum absolute atomic E-state index is 13.3. The van der Waals surface area contributed by atoms with Gasteiger partial charge < -0.3 is 10.6 Å². The predicted octanol–water partition coefficient (Wildman–Crippen LogP) is 5.66. The minimum absolute atomic E-state index is 0.0899. The fourth-order valence-electron chi connectivity index (χ4n) is 2.55. The zero-order valence-corrected chi connectivity index (χ0v) is 17.4. The molecule has 2 aromatic carbocycles. The number of benzene rings is 2. The summed E-state index contributed by atoms with van der Waals surface area (Å²) in [6.07, 6.45) is 0. The van der Waals surface area contributed by atoms with Crippen LogP contribution in [-0.4, -0.2) is 21.4 Å². The van der Waals surface area contributed by atoms with E-state index in [1.54, 1.807) is 12.1 Å². The Labute approximate surface area is 171 Å². The van der Waals surface area contributed by atoms with Crippen molar-refractivity contribution in [3.8, 4) is 0 Å². The van der Waals surface area contributed by atoms with Gasteiger partial charge in [0, 0.05) is 11.4 Å². The third-order valence-electron chi connectivity index (χ3n) is 3.97. The standard InChI is InChI=1S/C20H21FN4OS2/c1-12(2)16-9-4-5-10-17(16)23-18(26)13(3)27-20-25-24-19(28-20)22-15-8-6-7-14(21)11-15/h4-13H,1-3H3,(H,22,24)(H,23,26)/t13-/m1/s1. The Bertz CT molecular complexity index is 961. The largest absolute Gasteiger partial charge is 0.330 e. The Morgan fingerprint density at radius 3 is 2.64 bits per heavy atom. The zero-order valence-electron chi connectivity index (χ0n) is 15.8. The van der Waals surface area contributed by atoms with E-state index in [1.807, 2.05) is 31.2 Å². The lowest BCUT2D eigenvalue weighted by atomic mass is 10.0. The normalized spacial score (nSPS) is 12.0. The Hall–Kier alpha value is -2.45. The van der Waals surface area contributed by atoms with Gasteiger partial charge >= 0.3 is 0 Å². The van der Waals surface area contributed by atoms with Gasteiger partial charge in [-0.3, -0.25) is 4.79 Å². The Morgan fingerprint density at radius 2 is 1.89 bits per heavy atom. The first-order valence-electron chi connectivity index (χ1n) is 8.85. The van der Waals surface area contributed by atoms with Crippen molar-refractivity contribution in [3.05, 3.63) is 59.9 Å². The fourth-order valence-corrected chi connectivity index (χ4v) is 4.47. The van der Waals surface area contributed by atoms with Crippen LogP contribution in [0.3, 0.4) is 0 Å². The van der Waals surface area contributed by atoms with Crippen LogP contribution in [0.5, 0.6) is 0 Å². The van der Waals surface area contributed by atoms with Gasteiger partial charge in [-0.05, 0) is 42.7 Å².